The molecule has 272 valence electrons. The van der Waals surface area contributed by atoms with Gasteiger partial charge in [0, 0.05) is 16.3 Å². The molecule has 0 atom stereocenters. The van der Waals surface area contributed by atoms with Crippen LogP contribution in [0.2, 0.25) is 0 Å². The van der Waals surface area contributed by atoms with Crippen LogP contribution in [0.3, 0.4) is 0 Å². The van der Waals surface area contributed by atoms with E-state index in [0.717, 1.165) is 33.1 Å². The predicted molar refractivity (Wildman–Crippen MR) is 252 cm³/mol. The van der Waals surface area contributed by atoms with E-state index >= 15 is 0 Å². The van der Waals surface area contributed by atoms with Gasteiger partial charge in [0.25, 0.3) is 0 Å². The fraction of sp³-hybridized carbons (Fsp3) is 0. The minimum atomic E-state index is 0.893. The van der Waals surface area contributed by atoms with Crippen molar-refractivity contribution in [1.82, 2.24) is 0 Å². The van der Waals surface area contributed by atoms with Gasteiger partial charge >= 0.3 is 0 Å². The van der Waals surface area contributed by atoms with Crippen molar-refractivity contribution in [2.75, 3.05) is 0 Å². The Morgan fingerprint density at radius 3 is 1.64 bits per heavy atom. The first-order chi connectivity index (χ1) is 29.2. The lowest BCUT2D eigenvalue weighted by atomic mass is 9.87. The summed E-state index contributed by atoms with van der Waals surface area (Å²) in [6, 6.07) is 75.7. The zero-order chi connectivity index (χ0) is 38.6. The first-order valence-corrected chi connectivity index (χ1v) is 20.4. The number of furan rings is 1. The van der Waals surface area contributed by atoms with Crippen LogP contribution in [0.15, 0.2) is 211 Å². The normalized spacial score (nSPS) is 12.1. The molecular formula is C58H34O. The van der Waals surface area contributed by atoms with Gasteiger partial charge in [-0.1, -0.05) is 188 Å². The highest BCUT2D eigenvalue weighted by atomic mass is 16.3. The van der Waals surface area contributed by atoms with Gasteiger partial charge < -0.3 is 4.42 Å². The second-order valence-corrected chi connectivity index (χ2v) is 15.9. The first-order valence-electron chi connectivity index (χ1n) is 20.4. The monoisotopic (exact) mass is 746 g/mol. The Balaban J connectivity index is 1.07. The van der Waals surface area contributed by atoms with E-state index in [1.54, 1.807) is 0 Å². The minimum Gasteiger partial charge on any atom is -0.455 e. The Bertz CT molecular complexity index is 3790. The van der Waals surface area contributed by atoms with Crippen molar-refractivity contribution >= 4 is 86.6 Å². The zero-order valence-electron chi connectivity index (χ0n) is 32.0. The van der Waals surface area contributed by atoms with Crippen molar-refractivity contribution < 1.29 is 4.42 Å². The summed E-state index contributed by atoms with van der Waals surface area (Å²) in [6.45, 7) is 0. The predicted octanol–water partition coefficient (Wildman–Crippen LogP) is 16.6. The number of hydrogen-bond donors (Lipinski definition) is 0. The van der Waals surface area contributed by atoms with E-state index in [4.69, 9.17) is 4.42 Å². The van der Waals surface area contributed by atoms with Crippen LogP contribution in [-0.4, -0.2) is 0 Å². The Kier molecular flexibility index (Phi) is 6.79. The molecule has 12 aromatic carbocycles. The Hall–Kier alpha value is -7.74. The molecule has 0 fully saturated rings. The summed E-state index contributed by atoms with van der Waals surface area (Å²) in [7, 11) is 0. The molecule has 0 N–H and O–H groups in total. The van der Waals surface area contributed by atoms with E-state index in [1.807, 2.05) is 0 Å². The van der Waals surface area contributed by atoms with Gasteiger partial charge in [0.1, 0.15) is 11.2 Å². The van der Waals surface area contributed by atoms with Gasteiger partial charge in [-0.05, 0) is 122 Å². The lowest BCUT2D eigenvalue weighted by Crippen LogP contribution is -1.89. The third-order valence-corrected chi connectivity index (χ3v) is 12.8. The van der Waals surface area contributed by atoms with Crippen LogP contribution >= 0.6 is 0 Å². The third kappa shape index (κ3) is 4.79. The van der Waals surface area contributed by atoms with Gasteiger partial charge in [-0.25, -0.2) is 0 Å². The molecule has 0 amide bonds. The second-order valence-electron chi connectivity index (χ2n) is 15.9. The summed E-state index contributed by atoms with van der Waals surface area (Å²) in [5.74, 6) is 0. The van der Waals surface area contributed by atoms with Gasteiger partial charge in [-0.15, -0.1) is 0 Å². The van der Waals surface area contributed by atoms with Crippen molar-refractivity contribution in [2.45, 2.75) is 0 Å². The van der Waals surface area contributed by atoms with Crippen molar-refractivity contribution in [1.29, 1.82) is 0 Å². The molecule has 0 bridgehead atoms. The van der Waals surface area contributed by atoms with Crippen molar-refractivity contribution in [3.05, 3.63) is 206 Å². The fourth-order valence-corrected chi connectivity index (χ4v) is 10.1. The summed E-state index contributed by atoms with van der Waals surface area (Å²) >= 11 is 0. The molecular weight excluding hydrogens is 713 g/mol. The minimum absolute atomic E-state index is 0.893. The largest absolute Gasteiger partial charge is 0.455 e. The smallest absolute Gasteiger partial charge is 0.143 e. The quantitative estimate of drug-likeness (QED) is 0.164. The van der Waals surface area contributed by atoms with Crippen LogP contribution in [0.25, 0.3) is 131 Å². The molecule has 1 aromatic heterocycles. The molecule has 0 aliphatic carbocycles. The van der Waals surface area contributed by atoms with E-state index in [0.29, 0.717) is 0 Å². The fourth-order valence-electron chi connectivity index (χ4n) is 10.1. The Morgan fingerprint density at radius 2 is 0.797 bits per heavy atom. The summed E-state index contributed by atoms with van der Waals surface area (Å²) < 4.78 is 7.17. The Morgan fingerprint density at radius 1 is 0.237 bits per heavy atom. The molecule has 13 rings (SSSR count). The lowest BCUT2D eigenvalue weighted by Gasteiger charge is -2.15. The molecule has 59 heavy (non-hydrogen) atoms. The highest BCUT2D eigenvalue weighted by Gasteiger charge is 2.21. The molecule has 1 heteroatoms. The maximum absolute atomic E-state index is 7.17. The van der Waals surface area contributed by atoms with Crippen molar-refractivity contribution in [3.8, 4) is 44.5 Å². The van der Waals surface area contributed by atoms with E-state index in [2.05, 4.69) is 206 Å². The van der Waals surface area contributed by atoms with Gasteiger partial charge in [0.2, 0.25) is 0 Å². The molecule has 1 heterocycles. The summed E-state index contributed by atoms with van der Waals surface area (Å²) in [5.41, 5.74) is 11.3. The van der Waals surface area contributed by atoms with E-state index in [-0.39, 0.29) is 0 Å². The van der Waals surface area contributed by atoms with Crippen LogP contribution in [0.5, 0.6) is 0 Å². The van der Waals surface area contributed by atoms with E-state index < -0.39 is 0 Å². The topological polar surface area (TPSA) is 13.1 Å². The standard InChI is InChI=1S/C58H34O/c1-2-9-35(10-3-1)45-17-8-18-47-48(45)29-27-42-33-53-54(34-52(42)47)59-58-46(38-21-19-37(20-22-38)44-16-7-12-36-11-4-5-15-43(36)44)31-32-51(57(53)58)49-28-25-41-24-23-39-13-6-14-40-26-30-50(49)56(41)55(39)40/h1-34H. The molecule has 1 nitrogen and oxygen atoms in total. The van der Waals surface area contributed by atoms with Crippen LogP contribution in [0.1, 0.15) is 0 Å². The van der Waals surface area contributed by atoms with Crippen molar-refractivity contribution in [2.24, 2.45) is 0 Å². The summed E-state index contributed by atoms with van der Waals surface area (Å²) in [4.78, 5) is 0. The van der Waals surface area contributed by atoms with Crippen LogP contribution in [0.4, 0.5) is 0 Å². The summed E-state index contributed by atoms with van der Waals surface area (Å²) in [5, 5.41) is 17.3. The Labute approximate surface area is 340 Å². The van der Waals surface area contributed by atoms with Crippen LogP contribution in [-0.2, 0) is 0 Å². The molecule has 0 saturated heterocycles. The average molecular weight is 747 g/mol. The molecule has 0 radical (unpaired) electrons. The SMILES string of the molecule is c1ccc(-c2cccc3c2ccc2cc4c(cc23)oc2c(-c3ccc(-c5cccc6ccccc56)cc3)ccc(-c3ccc5ccc6cccc7ccc3c5c67)c24)cc1. The lowest BCUT2D eigenvalue weighted by molar-refractivity contribution is 0.670. The maximum atomic E-state index is 7.17. The molecule has 0 aliphatic rings. The molecule has 0 aliphatic heterocycles. The molecule has 0 spiro atoms. The molecule has 13 aromatic rings. The number of benzene rings is 12. The molecule has 0 unspecified atom stereocenters. The van der Waals surface area contributed by atoms with Crippen LogP contribution in [0, 0.1) is 0 Å². The molecule has 0 saturated carbocycles. The van der Waals surface area contributed by atoms with Gasteiger partial charge in [0.05, 0.1) is 0 Å². The van der Waals surface area contributed by atoms with Gasteiger partial charge in [-0.2, -0.15) is 0 Å². The first kappa shape index (κ1) is 32.4. The second kappa shape index (κ2) is 12.4. The zero-order valence-corrected chi connectivity index (χ0v) is 32.0. The van der Waals surface area contributed by atoms with E-state index in [1.165, 1.54) is 98.0 Å². The van der Waals surface area contributed by atoms with Gasteiger partial charge in [-0.3, -0.25) is 0 Å². The summed E-state index contributed by atoms with van der Waals surface area (Å²) in [6.07, 6.45) is 0. The number of hydrogen-bond acceptors (Lipinski definition) is 1. The van der Waals surface area contributed by atoms with Gasteiger partial charge in [0.15, 0.2) is 0 Å². The maximum Gasteiger partial charge on any atom is 0.143 e. The highest BCUT2D eigenvalue weighted by molar-refractivity contribution is 6.28. The average Bonchev–Trinajstić information content (AvgIpc) is 3.68. The highest BCUT2D eigenvalue weighted by Crippen LogP contribution is 2.47. The van der Waals surface area contributed by atoms with Crippen molar-refractivity contribution in [3.63, 3.8) is 0 Å². The van der Waals surface area contributed by atoms with Crippen LogP contribution < -0.4 is 0 Å². The van der Waals surface area contributed by atoms with E-state index in [9.17, 15) is 0 Å². The third-order valence-electron chi connectivity index (χ3n) is 12.8. The number of fused-ring (bicyclic) bond motifs is 7. The number of rotatable bonds is 4.